The molecule has 6 nitrogen and oxygen atoms in total. The van der Waals surface area contributed by atoms with E-state index in [1.54, 1.807) is 7.11 Å². The van der Waals surface area contributed by atoms with Crippen LogP contribution in [0.2, 0.25) is 0 Å². The minimum atomic E-state index is -0.00328. The molecule has 0 atom stereocenters. The number of carbonyl (C=O) groups excluding carboxylic acids is 1. The van der Waals surface area contributed by atoms with Crippen LogP contribution < -0.4 is 10.6 Å². The highest BCUT2D eigenvalue weighted by atomic mass is 79.9. The lowest BCUT2D eigenvalue weighted by atomic mass is 10.3. The number of ether oxygens (including phenoxy) is 1. The molecule has 0 saturated carbocycles. The van der Waals surface area contributed by atoms with Crippen molar-refractivity contribution in [2.75, 3.05) is 32.1 Å². The minimum Gasteiger partial charge on any atom is -0.383 e. The Morgan fingerprint density at radius 3 is 2.90 bits per heavy atom. The smallest absolute Gasteiger partial charge is 0.221 e. The molecule has 1 amide bonds. The fourth-order valence-electron chi connectivity index (χ4n) is 1.58. The van der Waals surface area contributed by atoms with Gasteiger partial charge in [-0.25, -0.2) is 9.97 Å². The Hall–Kier alpha value is -1.21. The van der Waals surface area contributed by atoms with E-state index in [0.29, 0.717) is 26.1 Å². The zero-order valence-electron chi connectivity index (χ0n) is 11.9. The number of nitrogens with one attached hydrogen (secondary N) is 2. The molecule has 112 valence electrons. The highest BCUT2D eigenvalue weighted by molar-refractivity contribution is 9.10. The lowest BCUT2D eigenvalue weighted by Gasteiger charge is -2.08. The standard InChI is InChI=1S/C13H21BrN4O2/c1-3-4-11-17-10(14)9-12(18-11)15-6-5-13(19)16-7-8-20-2/h9H,3-8H2,1-2H3,(H,16,19)(H,15,17,18). The third kappa shape index (κ3) is 6.81. The second kappa shape index (κ2) is 9.66. The van der Waals surface area contributed by atoms with Crippen molar-refractivity contribution in [3.05, 3.63) is 16.5 Å². The normalized spacial score (nSPS) is 10.3. The predicted molar refractivity (Wildman–Crippen MR) is 81.7 cm³/mol. The summed E-state index contributed by atoms with van der Waals surface area (Å²) in [7, 11) is 1.61. The van der Waals surface area contributed by atoms with Gasteiger partial charge in [0.1, 0.15) is 16.2 Å². The number of aromatic nitrogens is 2. The number of hydrogen-bond donors (Lipinski definition) is 2. The van der Waals surface area contributed by atoms with Gasteiger partial charge in [-0.2, -0.15) is 0 Å². The molecule has 1 heterocycles. The summed E-state index contributed by atoms with van der Waals surface area (Å²) in [5.74, 6) is 1.53. The molecule has 20 heavy (non-hydrogen) atoms. The van der Waals surface area contributed by atoms with Crippen molar-refractivity contribution in [3.63, 3.8) is 0 Å². The van der Waals surface area contributed by atoms with E-state index >= 15 is 0 Å². The van der Waals surface area contributed by atoms with Crippen LogP contribution in [0.1, 0.15) is 25.6 Å². The molecular weight excluding hydrogens is 324 g/mol. The molecule has 0 aromatic carbocycles. The average Bonchev–Trinajstić information content (AvgIpc) is 2.39. The molecule has 1 aromatic rings. The first-order valence-electron chi connectivity index (χ1n) is 6.68. The number of methoxy groups -OCH3 is 1. The van der Waals surface area contributed by atoms with Gasteiger partial charge < -0.3 is 15.4 Å². The third-order valence-corrected chi connectivity index (χ3v) is 2.91. The van der Waals surface area contributed by atoms with Gasteiger partial charge in [-0.05, 0) is 22.4 Å². The molecule has 0 spiro atoms. The molecule has 0 aliphatic heterocycles. The Bertz CT molecular complexity index is 429. The number of rotatable bonds is 9. The average molecular weight is 345 g/mol. The Kier molecular flexibility index (Phi) is 8.13. The van der Waals surface area contributed by atoms with Crippen molar-refractivity contribution in [1.29, 1.82) is 0 Å². The first-order chi connectivity index (χ1) is 9.65. The van der Waals surface area contributed by atoms with Crippen LogP contribution in [0, 0.1) is 0 Å². The van der Waals surface area contributed by atoms with Crippen molar-refractivity contribution in [3.8, 4) is 0 Å². The van der Waals surface area contributed by atoms with Crippen LogP contribution in [0.25, 0.3) is 0 Å². The Labute approximate surface area is 127 Å². The summed E-state index contributed by atoms with van der Waals surface area (Å²) >= 11 is 3.36. The van der Waals surface area contributed by atoms with Gasteiger partial charge in [0, 0.05) is 39.1 Å². The largest absolute Gasteiger partial charge is 0.383 e. The highest BCUT2D eigenvalue weighted by Gasteiger charge is 2.04. The van der Waals surface area contributed by atoms with E-state index in [1.165, 1.54) is 0 Å². The van der Waals surface area contributed by atoms with Crippen molar-refractivity contribution < 1.29 is 9.53 Å². The number of nitrogens with zero attached hydrogens (tertiary/aromatic N) is 2. The van der Waals surface area contributed by atoms with E-state index in [9.17, 15) is 4.79 Å². The molecule has 0 bridgehead atoms. The number of aryl methyl sites for hydroxylation is 1. The molecule has 7 heteroatoms. The van der Waals surface area contributed by atoms with Crippen molar-refractivity contribution in [2.45, 2.75) is 26.2 Å². The third-order valence-electron chi connectivity index (χ3n) is 2.50. The monoisotopic (exact) mass is 344 g/mol. The maximum atomic E-state index is 11.5. The summed E-state index contributed by atoms with van der Waals surface area (Å²) in [6, 6.07) is 1.81. The Morgan fingerprint density at radius 2 is 2.20 bits per heavy atom. The SMILES string of the molecule is CCCc1nc(Br)cc(NCCC(=O)NCCOC)n1. The first kappa shape index (κ1) is 16.8. The summed E-state index contributed by atoms with van der Waals surface area (Å²) in [6.07, 6.45) is 2.23. The molecule has 0 aliphatic rings. The molecular formula is C13H21BrN4O2. The minimum absolute atomic E-state index is 0.00328. The quantitative estimate of drug-likeness (QED) is 0.527. The number of hydrogen-bond acceptors (Lipinski definition) is 5. The number of amides is 1. The number of halogens is 1. The van der Waals surface area contributed by atoms with E-state index < -0.39 is 0 Å². The molecule has 0 fully saturated rings. The molecule has 0 aliphatic carbocycles. The Morgan fingerprint density at radius 1 is 1.40 bits per heavy atom. The summed E-state index contributed by atoms with van der Waals surface area (Å²) in [6.45, 7) is 3.68. The molecule has 0 unspecified atom stereocenters. The Balaban J connectivity index is 2.36. The van der Waals surface area contributed by atoms with Gasteiger partial charge in [-0.1, -0.05) is 6.92 Å². The number of carbonyl (C=O) groups is 1. The van der Waals surface area contributed by atoms with Gasteiger partial charge >= 0.3 is 0 Å². The first-order valence-corrected chi connectivity index (χ1v) is 7.48. The molecule has 1 aromatic heterocycles. The molecule has 2 N–H and O–H groups in total. The van der Waals surface area contributed by atoms with Crippen LogP contribution in [-0.4, -0.2) is 42.7 Å². The predicted octanol–water partition coefficient (Wildman–Crippen LogP) is 1.76. The number of anilines is 1. The van der Waals surface area contributed by atoms with Crippen LogP contribution in [-0.2, 0) is 16.0 Å². The van der Waals surface area contributed by atoms with Crippen molar-refractivity contribution in [1.82, 2.24) is 15.3 Å². The van der Waals surface area contributed by atoms with Gasteiger partial charge in [0.25, 0.3) is 0 Å². The van der Waals surface area contributed by atoms with Crippen LogP contribution in [0.3, 0.4) is 0 Å². The van der Waals surface area contributed by atoms with E-state index in [0.717, 1.165) is 29.1 Å². The van der Waals surface area contributed by atoms with Crippen LogP contribution >= 0.6 is 15.9 Å². The second-order valence-corrected chi connectivity index (χ2v) is 5.07. The van der Waals surface area contributed by atoms with Gasteiger partial charge in [0.15, 0.2) is 0 Å². The summed E-state index contributed by atoms with van der Waals surface area (Å²) in [4.78, 5) is 20.2. The van der Waals surface area contributed by atoms with Gasteiger partial charge in [-0.3, -0.25) is 4.79 Å². The molecule has 0 saturated heterocycles. The maximum absolute atomic E-state index is 11.5. The summed E-state index contributed by atoms with van der Waals surface area (Å²) in [5, 5.41) is 5.90. The van der Waals surface area contributed by atoms with Crippen LogP contribution in [0.4, 0.5) is 5.82 Å². The van der Waals surface area contributed by atoms with E-state index in [1.807, 2.05) is 6.07 Å². The summed E-state index contributed by atoms with van der Waals surface area (Å²) < 4.78 is 5.62. The van der Waals surface area contributed by atoms with E-state index in [-0.39, 0.29) is 5.91 Å². The molecule has 1 rings (SSSR count). The topological polar surface area (TPSA) is 76.1 Å². The zero-order chi connectivity index (χ0) is 14.8. The zero-order valence-corrected chi connectivity index (χ0v) is 13.5. The van der Waals surface area contributed by atoms with E-state index in [2.05, 4.69) is 43.5 Å². The lowest BCUT2D eigenvalue weighted by molar-refractivity contribution is -0.121. The molecule has 0 radical (unpaired) electrons. The fraction of sp³-hybridized carbons (Fsp3) is 0.615. The van der Waals surface area contributed by atoms with Crippen molar-refractivity contribution in [2.24, 2.45) is 0 Å². The van der Waals surface area contributed by atoms with Crippen LogP contribution in [0.5, 0.6) is 0 Å². The van der Waals surface area contributed by atoms with Gasteiger partial charge in [0.05, 0.1) is 6.61 Å². The fourth-order valence-corrected chi connectivity index (χ4v) is 2.00. The highest BCUT2D eigenvalue weighted by Crippen LogP contribution is 2.13. The van der Waals surface area contributed by atoms with Gasteiger partial charge in [-0.15, -0.1) is 0 Å². The summed E-state index contributed by atoms with van der Waals surface area (Å²) in [5.41, 5.74) is 0. The maximum Gasteiger partial charge on any atom is 0.221 e. The van der Waals surface area contributed by atoms with Crippen LogP contribution in [0.15, 0.2) is 10.7 Å². The van der Waals surface area contributed by atoms with E-state index in [4.69, 9.17) is 4.74 Å². The van der Waals surface area contributed by atoms with Crippen molar-refractivity contribution >= 4 is 27.7 Å². The lowest BCUT2D eigenvalue weighted by Crippen LogP contribution is -2.28. The second-order valence-electron chi connectivity index (χ2n) is 4.26. The van der Waals surface area contributed by atoms with Gasteiger partial charge in [0.2, 0.25) is 5.91 Å².